The van der Waals surface area contributed by atoms with Crippen LogP contribution in [0.3, 0.4) is 0 Å². The standard InChI is InChI=1S/C7H11NO2S/c8-7-10-4-2-6-11-5-1-3-9/h1,3,9H,2,4-6H2. The first-order valence-corrected chi connectivity index (χ1v) is 4.45. The van der Waals surface area contributed by atoms with E-state index in [-0.39, 0.29) is 0 Å². The van der Waals surface area contributed by atoms with E-state index in [1.807, 2.05) is 0 Å². The Morgan fingerprint density at radius 1 is 1.64 bits per heavy atom. The zero-order valence-electron chi connectivity index (χ0n) is 6.19. The lowest BCUT2D eigenvalue weighted by Crippen LogP contribution is -1.90. The van der Waals surface area contributed by atoms with Crippen molar-refractivity contribution in [2.24, 2.45) is 0 Å². The van der Waals surface area contributed by atoms with E-state index in [2.05, 4.69) is 4.74 Å². The Hall–Kier alpha value is -0.820. The summed E-state index contributed by atoms with van der Waals surface area (Å²) in [5.41, 5.74) is 0. The number of nitriles is 1. The van der Waals surface area contributed by atoms with Crippen molar-refractivity contribution in [1.29, 1.82) is 5.26 Å². The zero-order valence-corrected chi connectivity index (χ0v) is 7.01. The van der Waals surface area contributed by atoms with E-state index in [9.17, 15) is 0 Å². The highest BCUT2D eigenvalue weighted by Crippen LogP contribution is 2.01. The number of aliphatic hydroxyl groups excluding tert-OH is 1. The van der Waals surface area contributed by atoms with E-state index >= 15 is 0 Å². The van der Waals surface area contributed by atoms with Crippen LogP contribution < -0.4 is 0 Å². The Kier molecular flexibility index (Phi) is 8.50. The summed E-state index contributed by atoms with van der Waals surface area (Å²) >= 11 is 1.69. The van der Waals surface area contributed by atoms with Crippen LogP contribution in [0.2, 0.25) is 0 Å². The lowest BCUT2D eigenvalue weighted by molar-refractivity contribution is 0.272. The average Bonchev–Trinajstić information content (AvgIpc) is 2.03. The highest BCUT2D eigenvalue weighted by molar-refractivity contribution is 7.99. The van der Waals surface area contributed by atoms with E-state index in [1.54, 1.807) is 24.1 Å². The lowest BCUT2D eigenvalue weighted by Gasteiger charge is -1.95. The van der Waals surface area contributed by atoms with Crippen molar-refractivity contribution in [2.75, 3.05) is 18.1 Å². The van der Waals surface area contributed by atoms with Crippen molar-refractivity contribution in [1.82, 2.24) is 0 Å². The molecule has 0 aliphatic carbocycles. The third-order valence-corrected chi connectivity index (χ3v) is 1.92. The molecule has 0 saturated heterocycles. The van der Waals surface area contributed by atoms with Crippen molar-refractivity contribution < 1.29 is 9.84 Å². The average molecular weight is 173 g/mol. The van der Waals surface area contributed by atoms with Crippen molar-refractivity contribution in [3.63, 3.8) is 0 Å². The summed E-state index contributed by atoms with van der Waals surface area (Å²) in [4.78, 5) is 0. The molecule has 0 bridgehead atoms. The molecule has 0 aliphatic rings. The molecule has 11 heavy (non-hydrogen) atoms. The van der Waals surface area contributed by atoms with Gasteiger partial charge < -0.3 is 9.84 Å². The van der Waals surface area contributed by atoms with E-state index in [1.165, 1.54) is 0 Å². The molecule has 0 unspecified atom stereocenters. The highest BCUT2D eigenvalue weighted by Gasteiger charge is 1.87. The molecule has 0 amide bonds. The SMILES string of the molecule is N#COCCCSCC=CO. The van der Waals surface area contributed by atoms with Gasteiger partial charge in [0.15, 0.2) is 0 Å². The third-order valence-electron chi connectivity index (χ3n) is 0.919. The van der Waals surface area contributed by atoms with E-state index < -0.39 is 0 Å². The summed E-state index contributed by atoms with van der Waals surface area (Å²) < 4.78 is 4.46. The molecule has 0 aliphatic heterocycles. The van der Waals surface area contributed by atoms with Gasteiger partial charge in [-0.2, -0.15) is 17.0 Å². The quantitative estimate of drug-likeness (QED) is 0.377. The maximum absolute atomic E-state index is 8.25. The number of hydrogen-bond donors (Lipinski definition) is 1. The van der Waals surface area contributed by atoms with E-state index in [4.69, 9.17) is 10.4 Å². The van der Waals surface area contributed by atoms with Crippen molar-refractivity contribution in [3.8, 4) is 6.26 Å². The molecule has 1 N–H and O–H groups in total. The molecule has 0 saturated carbocycles. The zero-order chi connectivity index (χ0) is 8.36. The van der Waals surface area contributed by atoms with Crippen LogP contribution in [0, 0.1) is 11.5 Å². The van der Waals surface area contributed by atoms with Gasteiger partial charge in [0.1, 0.15) is 6.61 Å². The van der Waals surface area contributed by atoms with Crippen LogP contribution in [-0.4, -0.2) is 23.2 Å². The van der Waals surface area contributed by atoms with Gasteiger partial charge in [0, 0.05) is 5.75 Å². The van der Waals surface area contributed by atoms with Crippen molar-refractivity contribution >= 4 is 11.8 Å². The number of rotatable bonds is 6. The summed E-state index contributed by atoms with van der Waals surface area (Å²) in [6.07, 6.45) is 5.20. The first-order chi connectivity index (χ1) is 5.41. The Balaban J connectivity index is 2.86. The molecule has 0 atom stereocenters. The second-order valence-corrected chi connectivity index (χ2v) is 2.90. The summed E-state index contributed by atoms with van der Waals surface area (Å²) in [5.74, 6) is 1.76. The van der Waals surface area contributed by atoms with Crippen molar-refractivity contribution in [3.05, 3.63) is 12.3 Å². The predicted molar refractivity (Wildman–Crippen MR) is 45.3 cm³/mol. The molecule has 0 rings (SSSR count). The Morgan fingerprint density at radius 3 is 3.09 bits per heavy atom. The van der Waals surface area contributed by atoms with Gasteiger partial charge in [0.2, 0.25) is 0 Å². The fourth-order valence-electron chi connectivity index (χ4n) is 0.473. The summed E-state index contributed by atoms with van der Waals surface area (Å²) in [6.45, 7) is 0.492. The Morgan fingerprint density at radius 2 is 2.45 bits per heavy atom. The monoisotopic (exact) mass is 173 g/mol. The van der Waals surface area contributed by atoms with E-state index in [0.717, 1.165) is 24.2 Å². The predicted octanol–water partition coefficient (Wildman–Crippen LogP) is 1.68. The normalized spacial score (nSPS) is 9.73. The lowest BCUT2D eigenvalue weighted by atomic mass is 10.5. The highest BCUT2D eigenvalue weighted by atomic mass is 32.2. The number of hydrogen-bond acceptors (Lipinski definition) is 4. The first-order valence-electron chi connectivity index (χ1n) is 3.29. The van der Waals surface area contributed by atoms with Gasteiger partial charge in [-0.25, -0.2) is 0 Å². The Labute approximate surface area is 70.7 Å². The molecule has 0 heterocycles. The van der Waals surface area contributed by atoms with Crippen LogP contribution in [0.1, 0.15) is 6.42 Å². The topological polar surface area (TPSA) is 53.2 Å². The fourth-order valence-corrected chi connectivity index (χ4v) is 1.18. The molecule has 4 heteroatoms. The molecular formula is C7H11NO2S. The molecular weight excluding hydrogens is 162 g/mol. The van der Waals surface area contributed by atoms with E-state index in [0.29, 0.717) is 6.61 Å². The first kappa shape index (κ1) is 10.2. The minimum Gasteiger partial charge on any atom is -0.516 e. The second kappa shape index (κ2) is 9.18. The maximum atomic E-state index is 8.25. The summed E-state index contributed by atoms with van der Waals surface area (Å²) in [6, 6.07) is 0. The van der Waals surface area contributed by atoms with Gasteiger partial charge in [0.05, 0.1) is 6.26 Å². The molecule has 3 nitrogen and oxygen atoms in total. The van der Waals surface area contributed by atoms with Crippen LogP contribution in [0.5, 0.6) is 0 Å². The van der Waals surface area contributed by atoms with Crippen LogP contribution in [0.4, 0.5) is 0 Å². The maximum Gasteiger partial charge on any atom is 0.286 e. The number of ether oxygens (including phenoxy) is 1. The fraction of sp³-hybridized carbons (Fsp3) is 0.571. The van der Waals surface area contributed by atoms with Crippen LogP contribution in [0.25, 0.3) is 0 Å². The van der Waals surface area contributed by atoms with Crippen molar-refractivity contribution in [2.45, 2.75) is 6.42 Å². The molecule has 0 radical (unpaired) electrons. The minimum atomic E-state index is 0.492. The van der Waals surface area contributed by atoms with Gasteiger partial charge in [-0.15, -0.1) is 0 Å². The smallest absolute Gasteiger partial charge is 0.286 e. The molecule has 0 aromatic rings. The largest absolute Gasteiger partial charge is 0.516 e. The van der Waals surface area contributed by atoms with Gasteiger partial charge in [0.25, 0.3) is 6.26 Å². The van der Waals surface area contributed by atoms with Crippen LogP contribution in [0.15, 0.2) is 12.3 Å². The second-order valence-electron chi connectivity index (χ2n) is 1.75. The Bertz CT molecular complexity index is 142. The molecule has 0 spiro atoms. The van der Waals surface area contributed by atoms with Gasteiger partial charge in [-0.3, -0.25) is 0 Å². The van der Waals surface area contributed by atoms with Crippen LogP contribution >= 0.6 is 11.8 Å². The number of aliphatic hydroxyl groups is 1. The van der Waals surface area contributed by atoms with Crippen LogP contribution in [-0.2, 0) is 4.74 Å². The molecule has 0 aromatic heterocycles. The number of nitrogens with zero attached hydrogens (tertiary/aromatic N) is 1. The summed E-state index contributed by atoms with van der Waals surface area (Å²) in [5, 5.41) is 16.2. The number of thioether (sulfide) groups is 1. The van der Waals surface area contributed by atoms with Gasteiger partial charge in [-0.05, 0) is 18.2 Å². The molecule has 0 aromatic carbocycles. The van der Waals surface area contributed by atoms with Gasteiger partial charge in [-0.1, -0.05) is 0 Å². The summed E-state index contributed by atoms with van der Waals surface area (Å²) in [7, 11) is 0. The molecule has 0 fully saturated rings. The minimum absolute atomic E-state index is 0.492. The molecule has 62 valence electrons. The van der Waals surface area contributed by atoms with Gasteiger partial charge >= 0.3 is 0 Å². The third kappa shape index (κ3) is 9.18.